The molecule has 0 radical (unpaired) electrons. The second-order valence-corrected chi connectivity index (χ2v) is 4.51. The average Bonchev–Trinajstić information content (AvgIpc) is 2.79. The topological polar surface area (TPSA) is 58.6 Å². The van der Waals surface area contributed by atoms with Crippen LogP contribution < -0.4 is 5.32 Å². The number of nitrogens with one attached hydrogen (secondary N) is 1. The van der Waals surface area contributed by atoms with Crippen molar-refractivity contribution in [1.82, 2.24) is 0 Å². The molecule has 98 valence electrons. The molecule has 18 heavy (non-hydrogen) atoms. The van der Waals surface area contributed by atoms with Gasteiger partial charge < -0.3 is 15.2 Å². The molecule has 2 atom stereocenters. The number of benzene rings is 1. The molecule has 1 fully saturated rings. The summed E-state index contributed by atoms with van der Waals surface area (Å²) in [5, 5.41) is 11.9. The molecule has 0 bridgehead atoms. The maximum Gasteiger partial charge on any atom is 0.332 e. The third kappa shape index (κ3) is 2.98. The van der Waals surface area contributed by atoms with Crippen LogP contribution in [-0.4, -0.2) is 29.8 Å². The van der Waals surface area contributed by atoms with E-state index < -0.39 is 12.1 Å². The highest BCUT2D eigenvalue weighted by molar-refractivity contribution is 5.72. The van der Waals surface area contributed by atoms with Crippen LogP contribution in [-0.2, 0) is 9.53 Å². The summed E-state index contributed by atoms with van der Waals surface area (Å²) < 4.78 is 18.4. The van der Waals surface area contributed by atoms with Crippen LogP contribution in [0.1, 0.15) is 18.4 Å². The van der Waals surface area contributed by atoms with Gasteiger partial charge >= 0.3 is 5.97 Å². The third-order valence-electron chi connectivity index (χ3n) is 3.07. The monoisotopic (exact) mass is 253 g/mol. The Morgan fingerprint density at radius 1 is 1.56 bits per heavy atom. The number of carboxylic acids is 1. The van der Waals surface area contributed by atoms with E-state index in [1.165, 1.54) is 6.07 Å². The number of halogens is 1. The number of rotatable bonds is 4. The van der Waals surface area contributed by atoms with Gasteiger partial charge in [-0.1, -0.05) is 0 Å². The third-order valence-corrected chi connectivity index (χ3v) is 3.07. The van der Waals surface area contributed by atoms with E-state index in [9.17, 15) is 9.18 Å². The Morgan fingerprint density at radius 2 is 2.33 bits per heavy atom. The first kappa shape index (κ1) is 12.8. The van der Waals surface area contributed by atoms with Gasteiger partial charge in [-0.15, -0.1) is 0 Å². The fourth-order valence-electron chi connectivity index (χ4n) is 2.02. The highest BCUT2D eigenvalue weighted by atomic mass is 19.1. The van der Waals surface area contributed by atoms with Crippen LogP contribution in [0.2, 0.25) is 0 Å². The minimum Gasteiger partial charge on any atom is -0.479 e. The lowest BCUT2D eigenvalue weighted by Gasteiger charge is -2.13. The maximum atomic E-state index is 13.1. The lowest BCUT2D eigenvalue weighted by molar-refractivity contribution is -0.149. The Balaban J connectivity index is 1.85. The maximum absolute atomic E-state index is 13.1. The Bertz CT molecular complexity index is 450. The predicted octanol–water partition coefficient (Wildman–Crippen LogP) is 2.18. The second-order valence-electron chi connectivity index (χ2n) is 4.51. The fourth-order valence-corrected chi connectivity index (χ4v) is 2.02. The van der Waals surface area contributed by atoms with Gasteiger partial charge in [0.05, 0.1) is 6.10 Å². The van der Waals surface area contributed by atoms with Crippen molar-refractivity contribution in [2.75, 3.05) is 11.9 Å². The lowest BCUT2D eigenvalue weighted by Crippen LogP contribution is -2.24. The number of aliphatic carboxylic acids is 1. The van der Waals surface area contributed by atoms with E-state index in [4.69, 9.17) is 9.84 Å². The quantitative estimate of drug-likeness (QED) is 0.863. The van der Waals surface area contributed by atoms with Gasteiger partial charge in [-0.25, -0.2) is 9.18 Å². The first-order chi connectivity index (χ1) is 8.56. The van der Waals surface area contributed by atoms with Crippen LogP contribution in [0.4, 0.5) is 10.1 Å². The molecule has 1 aliphatic heterocycles. The van der Waals surface area contributed by atoms with E-state index in [2.05, 4.69) is 5.32 Å². The summed E-state index contributed by atoms with van der Waals surface area (Å²) in [7, 11) is 0. The smallest absolute Gasteiger partial charge is 0.332 e. The summed E-state index contributed by atoms with van der Waals surface area (Å²) in [6.07, 6.45) is 0.483. The molecule has 1 aromatic carbocycles. The zero-order valence-electron chi connectivity index (χ0n) is 10.1. The zero-order chi connectivity index (χ0) is 13.1. The molecule has 2 N–H and O–H groups in total. The summed E-state index contributed by atoms with van der Waals surface area (Å²) in [4.78, 5) is 10.7. The number of carbonyl (C=O) groups is 1. The van der Waals surface area contributed by atoms with E-state index in [-0.39, 0.29) is 11.9 Å². The van der Waals surface area contributed by atoms with Crippen LogP contribution in [0.3, 0.4) is 0 Å². The molecule has 1 heterocycles. The summed E-state index contributed by atoms with van der Waals surface area (Å²) in [6.45, 7) is 2.24. The van der Waals surface area contributed by atoms with E-state index in [1.807, 2.05) is 0 Å². The second kappa shape index (κ2) is 5.35. The first-order valence-corrected chi connectivity index (χ1v) is 5.94. The molecule has 2 unspecified atom stereocenters. The zero-order valence-corrected chi connectivity index (χ0v) is 10.1. The summed E-state index contributed by atoms with van der Waals surface area (Å²) in [5.74, 6) is -1.14. The fraction of sp³-hybridized carbons (Fsp3) is 0.462. The molecule has 0 aliphatic carbocycles. The van der Waals surface area contributed by atoms with Gasteiger partial charge in [0.15, 0.2) is 6.10 Å². The minimum absolute atomic E-state index is 0.101. The van der Waals surface area contributed by atoms with Crippen LogP contribution in [0.15, 0.2) is 18.2 Å². The first-order valence-electron chi connectivity index (χ1n) is 5.94. The van der Waals surface area contributed by atoms with E-state index in [0.29, 0.717) is 18.5 Å². The van der Waals surface area contributed by atoms with E-state index in [1.54, 1.807) is 19.1 Å². The highest BCUT2D eigenvalue weighted by Crippen LogP contribution is 2.21. The van der Waals surface area contributed by atoms with Crippen molar-refractivity contribution in [2.45, 2.75) is 32.0 Å². The normalized spacial score (nSPS) is 23.0. The Hall–Kier alpha value is -1.62. The van der Waals surface area contributed by atoms with Gasteiger partial charge in [0, 0.05) is 12.2 Å². The number of aryl methyl sites for hydroxylation is 1. The van der Waals surface area contributed by atoms with Crippen LogP contribution in [0.5, 0.6) is 0 Å². The van der Waals surface area contributed by atoms with Crippen molar-refractivity contribution < 1.29 is 19.0 Å². The molecule has 0 aromatic heterocycles. The van der Waals surface area contributed by atoms with Gasteiger partial charge in [-0.3, -0.25) is 0 Å². The summed E-state index contributed by atoms with van der Waals surface area (Å²) >= 11 is 0. The van der Waals surface area contributed by atoms with Gasteiger partial charge in [-0.2, -0.15) is 0 Å². The highest BCUT2D eigenvalue weighted by Gasteiger charge is 2.30. The van der Waals surface area contributed by atoms with Crippen LogP contribution in [0.25, 0.3) is 0 Å². The molecule has 1 aliphatic rings. The van der Waals surface area contributed by atoms with Gasteiger partial charge in [0.25, 0.3) is 0 Å². The predicted molar refractivity (Wildman–Crippen MR) is 65.2 cm³/mol. The van der Waals surface area contributed by atoms with Gasteiger partial charge in [0.2, 0.25) is 0 Å². The number of hydrogen-bond donors (Lipinski definition) is 2. The molecule has 1 saturated heterocycles. The molecule has 0 amide bonds. The standard InChI is InChI=1S/C13H16FNO3/c1-8-6-9(2-4-11(8)14)15-7-10-3-5-12(18-10)13(16)17/h2,4,6,10,12,15H,3,5,7H2,1H3,(H,16,17). The van der Waals surface area contributed by atoms with Gasteiger partial charge in [-0.05, 0) is 43.5 Å². The van der Waals surface area contributed by atoms with E-state index >= 15 is 0 Å². The Morgan fingerprint density at radius 3 is 2.94 bits per heavy atom. The molecule has 0 saturated carbocycles. The number of hydrogen-bond acceptors (Lipinski definition) is 3. The number of ether oxygens (including phenoxy) is 1. The van der Waals surface area contributed by atoms with Crippen molar-refractivity contribution in [3.8, 4) is 0 Å². The SMILES string of the molecule is Cc1cc(NCC2CCC(C(=O)O)O2)ccc1F. The van der Waals surface area contributed by atoms with Crippen LogP contribution >= 0.6 is 0 Å². The molecule has 4 nitrogen and oxygen atoms in total. The van der Waals surface area contributed by atoms with Crippen molar-refractivity contribution >= 4 is 11.7 Å². The Labute approximate surface area is 105 Å². The minimum atomic E-state index is -0.907. The molecule has 2 rings (SSSR count). The Kier molecular flexibility index (Phi) is 3.81. The van der Waals surface area contributed by atoms with E-state index in [0.717, 1.165) is 12.1 Å². The largest absolute Gasteiger partial charge is 0.479 e. The molecular weight excluding hydrogens is 237 g/mol. The molecule has 1 aromatic rings. The molecule has 5 heteroatoms. The van der Waals surface area contributed by atoms with Crippen molar-refractivity contribution in [3.63, 3.8) is 0 Å². The molecule has 0 spiro atoms. The summed E-state index contributed by atoms with van der Waals surface area (Å²) in [5.41, 5.74) is 1.40. The average molecular weight is 253 g/mol. The van der Waals surface area contributed by atoms with Gasteiger partial charge in [0.1, 0.15) is 5.82 Å². The van der Waals surface area contributed by atoms with Crippen molar-refractivity contribution in [2.24, 2.45) is 0 Å². The lowest BCUT2D eigenvalue weighted by atomic mass is 10.2. The summed E-state index contributed by atoms with van der Waals surface area (Å²) in [6, 6.07) is 4.79. The van der Waals surface area contributed by atoms with Crippen molar-refractivity contribution in [1.29, 1.82) is 0 Å². The van der Waals surface area contributed by atoms with Crippen LogP contribution in [0, 0.1) is 12.7 Å². The number of anilines is 1. The van der Waals surface area contributed by atoms with Crippen molar-refractivity contribution in [3.05, 3.63) is 29.6 Å². The molecular formula is C13H16FNO3. The number of carboxylic acid groups (broad SMARTS) is 1.